The molecule has 2 N–H and O–H groups in total. The number of nitrogens with zero attached hydrogens (tertiary/aromatic N) is 2. The van der Waals surface area contributed by atoms with Crippen LogP contribution in [0.1, 0.15) is 42.1 Å². The van der Waals surface area contributed by atoms with Gasteiger partial charge in [-0.1, -0.05) is 36.4 Å². The van der Waals surface area contributed by atoms with Gasteiger partial charge in [0.1, 0.15) is 5.82 Å². The number of carboxylic acids is 1. The maximum absolute atomic E-state index is 14.1. The summed E-state index contributed by atoms with van der Waals surface area (Å²) in [6.45, 7) is 3.99. The van der Waals surface area contributed by atoms with Crippen LogP contribution in [0.15, 0.2) is 77.7 Å². The minimum atomic E-state index is -1.07. The molecule has 0 amide bonds. The molecule has 0 aliphatic heterocycles. The summed E-state index contributed by atoms with van der Waals surface area (Å²) in [5.74, 6) is -1.55. The van der Waals surface area contributed by atoms with Crippen LogP contribution < -0.4 is 5.69 Å². The van der Waals surface area contributed by atoms with Crippen LogP contribution in [0.4, 0.5) is 4.39 Å². The number of aliphatic carboxylic acids is 1. The zero-order valence-corrected chi connectivity index (χ0v) is 18.8. The molecular formula is C27H24FN3O3. The third-order valence-electron chi connectivity index (χ3n) is 6.51. The largest absolute Gasteiger partial charge is 0.481 e. The molecule has 5 aromatic rings. The van der Waals surface area contributed by atoms with Crippen LogP contribution in [0.3, 0.4) is 0 Å². The predicted octanol–water partition coefficient (Wildman–Crippen LogP) is 5.41. The molecular weight excluding hydrogens is 433 g/mol. The molecule has 0 radical (unpaired) electrons. The number of imidazole rings is 1. The summed E-state index contributed by atoms with van der Waals surface area (Å²) in [6, 6.07) is 17.9. The number of aryl methyl sites for hydroxylation is 1. The topological polar surface area (TPSA) is 80.0 Å². The number of hydrogen-bond donors (Lipinski definition) is 2. The molecule has 0 saturated carbocycles. The summed E-state index contributed by atoms with van der Waals surface area (Å²) < 4.78 is 17.2. The van der Waals surface area contributed by atoms with Crippen LogP contribution in [-0.2, 0) is 4.79 Å². The van der Waals surface area contributed by atoms with Crippen molar-refractivity contribution in [3.8, 4) is 0 Å². The molecule has 2 atom stereocenters. The van der Waals surface area contributed by atoms with Crippen molar-refractivity contribution in [2.24, 2.45) is 0 Å². The van der Waals surface area contributed by atoms with Gasteiger partial charge in [0, 0.05) is 22.7 Å². The van der Waals surface area contributed by atoms with Crippen LogP contribution in [0.25, 0.3) is 21.9 Å². The molecule has 6 nitrogen and oxygen atoms in total. The number of rotatable bonds is 6. The second kappa shape index (κ2) is 8.33. The highest BCUT2D eigenvalue weighted by molar-refractivity contribution is 5.87. The number of nitrogens with one attached hydrogen (secondary N) is 1. The zero-order chi connectivity index (χ0) is 24.0. The van der Waals surface area contributed by atoms with Crippen molar-refractivity contribution in [3.05, 3.63) is 106 Å². The molecule has 0 spiro atoms. The highest BCUT2D eigenvalue weighted by Crippen LogP contribution is 2.32. The van der Waals surface area contributed by atoms with Crippen molar-refractivity contribution in [2.75, 3.05) is 0 Å². The molecule has 172 valence electrons. The quantitative estimate of drug-likeness (QED) is 0.358. The van der Waals surface area contributed by atoms with Gasteiger partial charge in [-0.15, -0.1) is 0 Å². The minimum absolute atomic E-state index is 0.327. The lowest BCUT2D eigenvalue weighted by Crippen LogP contribution is -2.31. The zero-order valence-electron chi connectivity index (χ0n) is 18.8. The summed E-state index contributed by atoms with van der Waals surface area (Å²) in [7, 11) is 0. The normalized spacial score (nSPS) is 13.4. The number of hydrogen-bond acceptors (Lipinski definition) is 2. The molecule has 0 bridgehead atoms. The van der Waals surface area contributed by atoms with Crippen molar-refractivity contribution in [3.63, 3.8) is 0 Å². The lowest BCUT2D eigenvalue weighted by atomic mass is 10.0. The van der Waals surface area contributed by atoms with Crippen LogP contribution >= 0.6 is 0 Å². The number of carbonyl (C=O) groups is 1. The first-order chi connectivity index (χ1) is 16.4. The Labute approximate surface area is 194 Å². The van der Waals surface area contributed by atoms with E-state index in [-0.39, 0.29) is 18.2 Å². The van der Waals surface area contributed by atoms with E-state index in [4.69, 9.17) is 0 Å². The van der Waals surface area contributed by atoms with Gasteiger partial charge < -0.3 is 10.1 Å². The Morgan fingerprint density at radius 2 is 1.74 bits per heavy atom. The number of para-hydroxylation sites is 2. The van der Waals surface area contributed by atoms with E-state index >= 15 is 0 Å². The number of carboxylic acid groups (broad SMARTS) is 1. The van der Waals surface area contributed by atoms with E-state index < -0.39 is 17.8 Å². The first kappa shape index (κ1) is 21.7. The summed E-state index contributed by atoms with van der Waals surface area (Å²) in [4.78, 5) is 29.0. The number of fused-ring (bicyclic) bond motifs is 2. The standard InChI is InChI=1S/C27H24FN3O3/c1-16-7-5-10-21-26(16)20(15-29-21)17(2)30-22-11-3-4-12-23(22)31(27(30)34)24(14-25(32)33)18-8-6-9-19(28)13-18/h3-13,15,17,24,29H,14H2,1-2H3,(H,32,33). The Kier molecular flexibility index (Phi) is 5.32. The molecule has 5 rings (SSSR count). The Morgan fingerprint density at radius 3 is 2.44 bits per heavy atom. The fourth-order valence-corrected chi connectivity index (χ4v) is 4.97. The highest BCUT2D eigenvalue weighted by atomic mass is 19.1. The first-order valence-electron chi connectivity index (χ1n) is 11.1. The lowest BCUT2D eigenvalue weighted by Gasteiger charge is -2.18. The van der Waals surface area contributed by atoms with E-state index in [2.05, 4.69) is 4.98 Å². The van der Waals surface area contributed by atoms with Gasteiger partial charge in [-0.3, -0.25) is 13.9 Å². The van der Waals surface area contributed by atoms with Gasteiger partial charge in [-0.2, -0.15) is 0 Å². The second-order valence-corrected chi connectivity index (χ2v) is 8.60. The average molecular weight is 458 g/mol. The van der Waals surface area contributed by atoms with Gasteiger partial charge in [0.2, 0.25) is 0 Å². The Morgan fingerprint density at radius 1 is 1.03 bits per heavy atom. The molecule has 7 heteroatoms. The molecule has 2 aromatic heterocycles. The summed E-state index contributed by atoms with van der Waals surface area (Å²) >= 11 is 0. The highest BCUT2D eigenvalue weighted by Gasteiger charge is 2.27. The van der Waals surface area contributed by atoms with E-state index in [1.165, 1.54) is 22.8 Å². The molecule has 3 aromatic carbocycles. The van der Waals surface area contributed by atoms with E-state index in [1.54, 1.807) is 16.7 Å². The molecule has 2 unspecified atom stereocenters. The van der Waals surface area contributed by atoms with Gasteiger partial charge in [-0.25, -0.2) is 9.18 Å². The first-order valence-corrected chi connectivity index (χ1v) is 11.1. The third-order valence-corrected chi connectivity index (χ3v) is 6.51. The predicted molar refractivity (Wildman–Crippen MR) is 130 cm³/mol. The van der Waals surface area contributed by atoms with Crippen LogP contribution in [0.5, 0.6) is 0 Å². The van der Waals surface area contributed by atoms with Crippen LogP contribution in [0.2, 0.25) is 0 Å². The van der Waals surface area contributed by atoms with Crippen LogP contribution in [0, 0.1) is 12.7 Å². The molecule has 0 aliphatic carbocycles. The van der Waals surface area contributed by atoms with Gasteiger partial charge >= 0.3 is 11.7 Å². The maximum Gasteiger partial charge on any atom is 0.330 e. The average Bonchev–Trinajstić information content (AvgIpc) is 3.37. The number of halogens is 1. The van der Waals surface area contributed by atoms with Crippen molar-refractivity contribution in [1.29, 1.82) is 0 Å². The molecule has 0 saturated heterocycles. The third kappa shape index (κ3) is 3.50. The van der Waals surface area contributed by atoms with Crippen molar-refractivity contribution in [2.45, 2.75) is 32.4 Å². The summed E-state index contributed by atoms with van der Waals surface area (Å²) in [5.41, 5.74) is 4.44. The SMILES string of the molecule is Cc1cccc2[nH]cc(C(C)n3c(=O)n(C(CC(=O)O)c4cccc(F)c4)c4ccccc43)c12. The van der Waals surface area contributed by atoms with Crippen molar-refractivity contribution < 1.29 is 14.3 Å². The van der Waals surface area contributed by atoms with E-state index in [9.17, 15) is 19.1 Å². The Balaban J connectivity index is 1.76. The van der Waals surface area contributed by atoms with Gasteiger partial charge in [0.25, 0.3) is 0 Å². The number of H-pyrrole nitrogens is 1. The molecule has 2 heterocycles. The summed E-state index contributed by atoms with van der Waals surface area (Å²) in [5, 5.41) is 10.7. The van der Waals surface area contributed by atoms with E-state index in [0.29, 0.717) is 16.6 Å². The monoisotopic (exact) mass is 457 g/mol. The van der Waals surface area contributed by atoms with Crippen molar-refractivity contribution in [1.82, 2.24) is 14.1 Å². The smallest absolute Gasteiger partial charge is 0.330 e. The second-order valence-electron chi connectivity index (χ2n) is 8.60. The van der Waals surface area contributed by atoms with Gasteiger partial charge in [0.15, 0.2) is 0 Å². The maximum atomic E-state index is 14.1. The van der Waals surface area contributed by atoms with Gasteiger partial charge in [0.05, 0.1) is 29.5 Å². The molecule has 0 aliphatic rings. The van der Waals surface area contributed by atoms with E-state index in [1.807, 2.05) is 56.4 Å². The number of benzene rings is 3. The van der Waals surface area contributed by atoms with Gasteiger partial charge in [-0.05, 0) is 55.3 Å². The van der Waals surface area contributed by atoms with Crippen LogP contribution in [-0.4, -0.2) is 25.2 Å². The molecule has 34 heavy (non-hydrogen) atoms. The fraction of sp³-hybridized carbons (Fsp3) is 0.185. The number of aromatic nitrogens is 3. The molecule has 0 fully saturated rings. The summed E-state index contributed by atoms with van der Waals surface area (Å²) in [6.07, 6.45) is 1.57. The number of aromatic amines is 1. The lowest BCUT2D eigenvalue weighted by molar-refractivity contribution is -0.137. The Bertz CT molecular complexity index is 1590. The Hall–Kier alpha value is -4.13. The van der Waals surface area contributed by atoms with E-state index in [0.717, 1.165) is 22.0 Å². The van der Waals surface area contributed by atoms with Crippen molar-refractivity contribution >= 4 is 27.9 Å². The fourth-order valence-electron chi connectivity index (χ4n) is 4.97. The minimum Gasteiger partial charge on any atom is -0.481 e.